The van der Waals surface area contributed by atoms with E-state index < -0.39 is 12.0 Å². The molecule has 0 heterocycles. The van der Waals surface area contributed by atoms with Crippen LogP contribution in [0.3, 0.4) is 0 Å². The smallest absolute Gasteiger partial charge is 0.333 e. The zero-order valence-corrected chi connectivity index (χ0v) is 13.3. The van der Waals surface area contributed by atoms with Crippen LogP contribution < -0.4 is 5.32 Å². The first-order valence-electron chi connectivity index (χ1n) is 6.06. The van der Waals surface area contributed by atoms with Gasteiger partial charge in [0.15, 0.2) is 6.04 Å². The highest BCUT2D eigenvalue weighted by Crippen LogP contribution is 2.30. The molecule has 0 bridgehead atoms. The zero-order valence-electron chi connectivity index (χ0n) is 11.1. The van der Waals surface area contributed by atoms with Gasteiger partial charge in [0.05, 0.1) is 7.11 Å². The molecule has 0 radical (unpaired) electrons. The number of nitrogens with one attached hydrogen (secondary N) is 1. The van der Waals surface area contributed by atoms with Crippen molar-refractivity contribution in [3.05, 3.63) is 63.1 Å². The monoisotopic (exact) mass is 343 g/mol. The summed E-state index contributed by atoms with van der Waals surface area (Å²) in [4.78, 5) is 12.0. The molecular formula is C15H12Cl3NO2. The van der Waals surface area contributed by atoms with Crippen LogP contribution in [0.15, 0.2) is 42.5 Å². The van der Waals surface area contributed by atoms with E-state index in [0.717, 1.165) is 0 Å². The first kappa shape index (κ1) is 16.0. The van der Waals surface area contributed by atoms with Gasteiger partial charge in [-0.05, 0) is 30.3 Å². The Hall–Kier alpha value is -1.42. The summed E-state index contributed by atoms with van der Waals surface area (Å²) in [6.45, 7) is 0. The van der Waals surface area contributed by atoms with Crippen LogP contribution >= 0.6 is 34.8 Å². The van der Waals surface area contributed by atoms with E-state index in [1.807, 2.05) is 0 Å². The molecule has 0 saturated carbocycles. The SMILES string of the molecule is COC(=O)C(Nc1cccc(Cl)c1)c1ccc(Cl)cc1Cl. The van der Waals surface area contributed by atoms with Gasteiger partial charge in [-0.15, -0.1) is 0 Å². The van der Waals surface area contributed by atoms with Crippen molar-refractivity contribution in [2.24, 2.45) is 0 Å². The van der Waals surface area contributed by atoms with E-state index in [-0.39, 0.29) is 0 Å². The molecule has 1 N–H and O–H groups in total. The van der Waals surface area contributed by atoms with E-state index in [0.29, 0.717) is 26.3 Å². The van der Waals surface area contributed by atoms with Crippen LogP contribution in [-0.2, 0) is 9.53 Å². The van der Waals surface area contributed by atoms with Gasteiger partial charge in [-0.3, -0.25) is 0 Å². The van der Waals surface area contributed by atoms with Crippen molar-refractivity contribution in [1.29, 1.82) is 0 Å². The van der Waals surface area contributed by atoms with Crippen molar-refractivity contribution in [2.45, 2.75) is 6.04 Å². The molecule has 0 saturated heterocycles. The average Bonchev–Trinajstić information content (AvgIpc) is 2.45. The van der Waals surface area contributed by atoms with Gasteiger partial charge in [-0.1, -0.05) is 46.9 Å². The molecule has 0 aliphatic heterocycles. The number of ether oxygens (including phenoxy) is 1. The van der Waals surface area contributed by atoms with Crippen molar-refractivity contribution in [2.75, 3.05) is 12.4 Å². The number of methoxy groups -OCH3 is 1. The lowest BCUT2D eigenvalue weighted by Gasteiger charge is -2.19. The second kappa shape index (κ2) is 7.03. The third kappa shape index (κ3) is 4.03. The summed E-state index contributed by atoms with van der Waals surface area (Å²) < 4.78 is 4.83. The fourth-order valence-electron chi connectivity index (χ4n) is 1.86. The molecule has 0 spiro atoms. The summed E-state index contributed by atoms with van der Waals surface area (Å²) in [6, 6.07) is 11.2. The van der Waals surface area contributed by atoms with Gasteiger partial charge in [-0.2, -0.15) is 0 Å². The topological polar surface area (TPSA) is 38.3 Å². The number of carbonyl (C=O) groups excluding carboxylic acids is 1. The molecule has 3 nitrogen and oxygen atoms in total. The summed E-state index contributed by atoms with van der Waals surface area (Å²) >= 11 is 18.0. The first-order valence-corrected chi connectivity index (χ1v) is 7.19. The fraction of sp³-hybridized carbons (Fsp3) is 0.133. The minimum Gasteiger partial charge on any atom is -0.467 e. The molecular weight excluding hydrogens is 333 g/mol. The quantitative estimate of drug-likeness (QED) is 0.796. The van der Waals surface area contributed by atoms with Crippen molar-refractivity contribution in [3.63, 3.8) is 0 Å². The van der Waals surface area contributed by atoms with E-state index in [9.17, 15) is 4.79 Å². The lowest BCUT2D eigenvalue weighted by Crippen LogP contribution is -2.22. The minimum atomic E-state index is -0.752. The van der Waals surface area contributed by atoms with Gasteiger partial charge in [0, 0.05) is 26.3 Å². The van der Waals surface area contributed by atoms with Crippen molar-refractivity contribution < 1.29 is 9.53 Å². The van der Waals surface area contributed by atoms with Crippen molar-refractivity contribution >= 4 is 46.5 Å². The highest BCUT2D eigenvalue weighted by atomic mass is 35.5. The molecule has 0 fully saturated rings. The summed E-state index contributed by atoms with van der Waals surface area (Å²) in [5.74, 6) is -0.459. The van der Waals surface area contributed by atoms with E-state index in [1.54, 1.807) is 42.5 Å². The lowest BCUT2D eigenvalue weighted by molar-refractivity contribution is -0.141. The number of benzene rings is 2. The van der Waals surface area contributed by atoms with Crippen molar-refractivity contribution in [1.82, 2.24) is 0 Å². The molecule has 1 unspecified atom stereocenters. The lowest BCUT2D eigenvalue weighted by atomic mass is 10.1. The third-order valence-electron chi connectivity index (χ3n) is 2.85. The standard InChI is InChI=1S/C15H12Cl3NO2/c1-21-15(20)14(12-6-5-10(17)8-13(12)18)19-11-4-2-3-9(16)7-11/h2-8,14,19H,1H3. The largest absolute Gasteiger partial charge is 0.467 e. The summed E-state index contributed by atoms with van der Waals surface area (Å²) in [5, 5.41) is 4.50. The highest BCUT2D eigenvalue weighted by molar-refractivity contribution is 6.35. The Kier molecular flexibility index (Phi) is 5.34. The van der Waals surface area contributed by atoms with Gasteiger partial charge in [-0.25, -0.2) is 4.79 Å². The molecule has 6 heteroatoms. The van der Waals surface area contributed by atoms with Gasteiger partial charge in [0.25, 0.3) is 0 Å². The molecule has 2 aromatic carbocycles. The number of hydrogen-bond donors (Lipinski definition) is 1. The Labute approximate surface area is 137 Å². The van der Waals surface area contributed by atoms with Crippen molar-refractivity contribution in [3.8, 4) is 0 Å². The van der Waals surface area contributed by atoms with Crippen LogP contribution in [-0.4, -0.2) is 13.1 Å². The number of carbonyl (C=O) groups is 1. The van der Waals surface area contributed by atoms with Gasteiger partial charge in [0.1, 0.15) is 0 Å². The first-order chi connectivity index (χ1) is 10.0. The molecule has 21 heavy (non-hydrogen) atoms. The third-order valence-corrected chi connectivity index (χ3v) is 3.64. The second-order valence-electron chi connectivity index (χ2n) is 4.28. The zero-order chi connectivity index (χ0) is 15.4. The maximum absolute atomic E-state index is 12.0. The second-order valence-corrected chi connectivity index (χ2v) is 5.56. The van der Waals surface area contributed by atoms with E-state index in [1.165, 1.54) is 7.11 Å². The molecule has 1 atom stereocenters. The summed E-state index contributed by atoms with van der Waals surface area (Å²) in [7, 11) is 1.32. The van der Waals surface area contributed by atoms with E-state index in [4.69, 9.17) is 39.5 Å². The van der Waals surface area contributed by atoms with Crippen LogP contribution in [0.25, 0.3) is 0 Å². The molecule has 110 valence electrons. The number of anilines is 1. The molecule has 0 aliphatic carbocycles. The summed E-state index contributed by atoms with van der Waals surface area (Å²) in [6.07, 6.45) is 0. The Morgan fingerprint density at radius 3 is 2.43 bits per heavy atom. The number of esters is 1. The highest BCUT2D eigenvalue weighted by Gasteiger charge is 2.24. The molecule has 0 amide bonds. The van der Waals surface area contributed by atoms with Gasteiger partial charge < -0.3 is 10.1 Å². The summed E-state index contributed by atoms with van der Waals surface area (Å²) in [5.41, 5.74) is 1.26. The Bertz CT molecular complexity index is 661. The number of halogens is 3. The fourth-order valence-corrected chi connectivity index (χ4v) is 2.57. The van der Waals surface area contributed by atoms with E-state index in [2.05, 4.69) is 5.32 Å². The maximum Gasteiger partial charge on any atom is 0.333 e. The Morgan fingerprint density at radius 2 is 1.81 bits per heavy atom. The molecule has 2 rings (SSSR count). The van der Waals surface area contributed by atoms with Crippen LogP contribution in [0.2, 0.25) is 15.1 Å². The molecule has 0 aromatic heterocycles. The van der Waals surface area contributed by atoms with Crippen LogP contribution in [0.4, 0.5) is 5.69 Å². The van der Waals surface area contributed by atoms with Crippen LogP contribution in [0, 0.1) is 0 Å². The Morgan fingerprint density at radius 1 is 1.10 bits per heavy atom. The predicted molar refractivity (Wildman–Crippen MR) is 86.3 cm³/mol. The maximum atomic E-state index is 12.0. The van der Waals surface area contributed by atoms with Crippen LogP contribution in [0.5, 0.6) is 0 Å². The number of rotatable bonds is 4. The van der Waals surface area contributed by atoms with Gasteiger partial charge in [0.2, 0.25) is 0 Å². The van der Waals surface area contributed by atoms with Crippen LogP contribution in [0.1, 0.15) is 11.6 Å². The van der Waals surface area contributed by atoms with E-state index >= 15 is 0 Å². The Balaban J connectivity index is 2.37. The molecule has 0 aliphatic rings. The van der Waals surface area contributed by atoms with Gasteiger partial charge >= 0.3 is 5.97 Å². The average molecular weight is 345 g/mol. The number of hydrogen-bond acceptors (Lipinski definition) is 3. The minimum absolute atomic E-state index is 0.382. The predicted octanol–water partition coefficient (Wildman–Crippen LogP) is 4.97. The molecule has 2 aromatic rings. The normalized spacial score (nSPS) is 11.8.